The second-order valence-corrected chi connectivity index (χ2v) is 9.40. The first-order valence-electron chi connectivity index (χ1n) is 11.6. The van der Waals surface area contributed by atoms with E-state index >= 15 is 0 Å². The van der Waals surface area contributed by atoms with E-state index in [1.165, 1.54) is 4.90 Å². The zero-order chi connectivity index (χ0) is 23.3. The number of carbonyl (C=O) groups excluding carboxylic acids is 2. The van der Waals surface area contributed by atoms with Crippen molar-refractivity contribution in [1.82, 2.24) is 14.4 Å². The topological polar surface area (TPSA) is 82.8 Å². The number of benzene rings is 1. The first-order chi connectivity index (χ1) is 15.9. The lowest BCUT2D eigenvalue weighted by Crippen LogP contribution is -2.49. The number of amides is 2. The van der Waals surface area contributed by atoms with E-state index in [1.807, 2.05) is 30.3 Å². The molecule has 2 aromatic rings. The minimum absolute atomic E-state index is 0.0721. The van der Waals surface area contributed by atoms with Crippen molar-refractivity contribution < 1.29 is 14.7 Å². The van der Waals surface area contributed by atoms with Crippen LogP contribution in [-0.4, -0.2) is 58.0 Å². The Kier molecular flexibility index (Phi) is 5.44. The van der Waals surface area contributed by atoms with Crippen LogP contribution >= 0.6 is 0 Å². The smallest absolute Gasteiger partial charge is 0.258 e. The summed E-state index contributed by atoms with van der Waals surface area (Å²) in [6, 6.07) is 11.7. The molecular formula is C26H29N3O4. The molecule has 4 atom stereocenters. The van der Waals surface area contributed by atoms with Gasteiger partial charge in [-0.05, 0) is 49.1 Å². The molecule has 2 aliphatic heterocycles. The summed E-state index contributed by atoms with van der Waals surface area (Å²) in [5, 5.41) is 10.4. The molecule has 0 radical (unpaired) electrons. The van der Waals surface area contributed by atoms with Gasteiger partial charge < -0.3 is 19.5 Å². The molecule has 1 aromatic carbocycles. The zero-order valence-electron chi connectivity index (χ0n) is 19.0. The molecule has 3 heterocycles. The molecule has 2 bridgehead atoms. The minimum atomic E-state index is -0.618. The van der Waals surface area contributed by atoms with Crippen LogP contribution in [0.5, 0.6) is 0 Å². The van der Waals surface area contributed by atoms with Gasteiger partial charge in [-0.2, -0.15) is 0 Å². The SMILES string of the molecule is CN(C)C(=O)[C@H]1[C@H](CO)[C@H]2Cn3c(ccc(C4=CCCC4)c3=O)[C@@H]1N2C(=O)c1ccccc1. The summed E-state index contributed by atoms with van der Waals surface area (Å²) < 4.78 is 1.74. The Labute approximate surface area is 192 Å². The number of pyridine rings is 1. The minimum Gasteiger partial charge on any atom is -0.396 e. The molecule has 1 fully saturated rings. The average molecular weight is 448 g/mol. The van der Waals surface area contributed by atoms with Gasteiger partial charge in [-0.15, -0.1) is 0 Å². The Morgan fingerprint density at radius 1 is 1.12 bits per heavy atom. The summed E-state index contributed by atoms with van der Waals surface area (Å²) in [5.74, 6) is -1.39. The second-order valence-electron chi connectivity index (χ2n) is 9.40. The standard InChI is InChI=1S/C26H29N3O4/c1-27(2)26(33)22-19(15-30)21-14-28-20(13-12-18(25(28)32)16-8-6-7-9-16)23(22)29(21)24(31)17-10-4-3-5-11-17/h3-5,8,10-13,19,21-23,30H,6-7,9,14-15H2,1-2H3/t19-,21-,22+,23+/m1/s1. The van der Waals surface area contributed by atoms with Gasteiger partial charge in [0.25, 0.3) is 11.5 Å². The van der Waals surface area contributed by atoms with Crippen molar-refractivity contribution >= 4 is 17.4 Å². The number of nitrogens with zero attached hydrogens (tertiary/aromatic N) is 3. The third-order valence-corrected chi connectivity index (χ3v) is 7.41. The number of hydrogen-bond acceptors (Lipinski definition) is 4. The Hall–Kier alpha value is -3.19. The first kappa shape index (κ1) is 21.6. The number of aliphatic hydroxyl groups excluding tert-OH is 1. The van der Waals surface area contributed by atoms with E-state index in [9.17, 15) is 19.5 Å². The maximum atomic E-state index is 13.7. The van der Waals surface area contributed by atoms with Gasteiger partial charge in [0.2, 0.25) is 5.91 Å². The lowest BCUT2D eigenvalue weighted by molar-refractivity contribution is -0.135. The van der Waals surface area contributed by atoms with E-state index in [0.29, 0.717) is 16.8 Å². The summed E-state index contributed by atoms with van der Waals surface area (Å²) in [6.45, 7) is 0.0392. The highest BCUT2D eigenvalue weighted by molar-refractivity contribution is 5.96. The van der Waals surface area contributed by atoms with Gasteiger partial charge in [-0.3, -0.25) is 14.4 Å². The molecule has 5 rings (SSSR count). The van der Waals surface area contributed by atoms with Crippen LogP contribution in [-0.2, 0) is 11.3 Å². The van der Waals surface area contributed by atoms with E-state index in [4.69, 9.17) is 0 Å². The Bertz CT molecular complexity index is 1180. The Morgan fingerprint density at radius 3 is 2.52 bits per heavy atom. The lowest BCUT2D eigenvalue weighted by atomic mass is 9.86. The second kappa shape index (κ2) is 8.30. The van der Waals surface area contributed by atoms with Gasteiger partial charge >= 0.3 is 0 Å². The van der Waals surface area contributed by atoms with Crippen LogP contribution in [0.4, 0.5) is 0 Å². The van der Waals surface area contributed by atoms with Crippen molar-refractivity contribution in [2.75, 3.05) is 20.7 Å². The van der Waals surface area contributed by atoms with Crippen LogP contribution in [0.2, 0.25) is 0 Å². The number of hydrogen-bond donors (Lipinski definition) is 1. The predicted molar refractivity (Wildman–Crippen MR) is 124 cm³/mol. The maximum Gasteiger partial charge on any atom is 0.258 e. The van der Waals surface area contributed by atoms with Crippen molar-refractivity contribution in [3.63, 3.8) is 0 Å². The third-order valence-electron chi connectivity index (χ3n) is 7.41. The van der Waals surface area contributed by atoms with Gasteiger partial charge in [0.05, 0.1) is 18.0 Å². The molecule has 3 aliphatic rings. The highest BCUT2D eigenvalue weighted by Gasteiger charge is 2.57. The molecule has 2 amide bonds. The fraction of sp³-hybridized carbons (Fsp3) is 0.423. The Balaban J connectivity index is 1.67. The number of aliphatic hydroxyl groups is 1. The normalized spacial score (nSPS) is 25.5. The largest absolute Gasteiger partial charge is 0.396 e. The molecule has 1 aliphatic carbocycles. The van der Waals surface area contributed by atoms with E-state index in [-0.39, 0.29) is 30.5 Å². The summed E-state index contributed by atoms with van der Waals surface area (Å²) >= 11 is 0. The molecule has 33 heavy (non-hydrogen) atoms. The average Bonchev–Trinajstić information content (AvgIpc) is 3.43. The highest BCUT2D eigenvalue weighted by atomic mass is 16.3. The highest BCUT2D eigenvalue weighted by Crippen LogP contribution is 2.49. The predicted octanol–water partition coefficient (Wildman–Crippen LogP) is 2.31. The van der Waals surface area contributed by atoms with Crippen LogP contribution in [0.1, 0.15) is 46.9 Å². The van der Waals surface area contributed by atoms with Crippen molar-refractivity contribution in [1.29, 1.82) is 0 Å². The van der Waals surface area contributed by atoms with Gasteiger partial charge in [0, 0.05) is 50.0 Å². The fourth-order valence-electron chi connectivity index (χ4n) is 5.85. The van der Waals surface area contributed by atoms with Crippen LogP contribution in [0, 0.1) is 11.8 Å². The summed E-state index contributed by atoms with van der Waals surface area (Å²) in [5.41, 5.74) is 2.90. The molecule has 1 saturated heterocycles. The monoisotopic (exact) mass is 447 g/mol. The maximum absolute atomic E-state index is 13.7. The van der Waals surface area contributed by atoms with Crippen molar-refractivity contribution in [2.24, 2.45) is 11.8 Å². The molecule has 7 nitrogen and oxygen atoms in total. The molecule has 1 N–H and O–H groups in total. The van der Waals surface area contributed by atoms with Gasteiger partial charge in [-0.1, -0.05) is 24.3 Å². The molecular weight excluding hydrogens is 418 g/mol. The summed E-state index contributed by atoms with van der Waals surface area (Å²) in [6.07, 6.45) is 5.04. The van der Waals surface area contributed by atoms with Crippen molar-refractivity contribution in [3.05, 3.63) is 75.7 Å². The Morgan fingerprint density at radius 2 is 1.88 bits per heavy atom. The number of fused-ring (bicyclic) bond motifs is 4. The molecule has 0 spiro atoms. The summed E-state index contributed by atoms with van der Waals surface area (Å²) in [7, 11) is 3.37. The number of aromatic nitrogens is 1. The molecule has 1 aromatic heterocycles. The number of allylic oxidation sites excluding steroid dienone is 2. The number of rotatable bonds is 4. The zero-order valence-corrected chi connectivity index (χ0v) is 19.0. The molecule has 7 heteroatoms. The van der Waals surface area contributed by atoms with E-state index in [2.05, 4.69) is 6.08 Å². The summed E-state index contributed by atoms with van der Waals surface area (Å²) in [4.78, 5) is 43.8. The molecule has 0 unspecified atom stereocenters. The van der Waals surface area contributed by atoms with Crippen LogP contribution < -0.4 is 5.56 Å². The van der Waals surface area contributed by atoms with Crippen LogP contribution in [0.15, 0.2) is 53.3 Å². The first-order valence-corrected chi connectivity index (χ1v) is 11.6. The van der Waals surface area contributed by atoms with Gasteiger partial charge in [0.15, 0.2) is 0 Å². The molecule has 172 valence electrons. The third kappa shape index (κ3) is 3.33. The number of carbonyl (C=O) groups is 2. The lowest BCUT2D eigenvalue weighted by Gasteiger charge is -2.38. The fourth-order valence-corrected chi connectivity index (χ4v) is 5.85. The van der Waals surface area contributed by atoms with Crippen molar-refractivity contribution in [3.8, 4) is 0 Å². The van der Waals surface area contributed by atoms with E-state index in [1.54, 1.807) is 35.7 Å². The van der Waals surface area contributed by atoms with E-state index < -0.39 is 23.9 Å². The molecule has 0 saturated carbocycles. The van der Waals surface area contributed by atoms with Crippen LogP contribution in [0.3, 0.4) is 0 Å². The quantitative estimate of drug-likeness (QED) is 0.780. The van der Waals surface area contributed by atoms with Crippen LogP contribution in [0.25, 0.3) is 5.57 Å². The van der Waals surface area contributed by atoms with E-state index in [0.717, 1.165) is 24.8 Å². The van der Waals surface area contributed by atoms with Gasteiger partial charge in [0.1, 0.15) is 0 Å². The van der Waals surface area contributed by atoms with Gasteiger partial charge in [-0.25, -0.2) is 0 Å². The van der Waals surface area contributed by atoms with Crippen molar-refractivity contribution in [2.45, 2.75) is 37.9 Å².